The number of nitrogens with one attached hydrogen (secondary N) is 2. The molecular formula is C13H16N2O3. The molecule has 1 fully saturated rings. The van der Waals surface area contributed by atoms with E-state index in [-0.39, 0.29) is 18.7 Å². The molecule has 5 heteroatoms. The predicted octanol–water partition coefficient (Wildman–Crippen LogP) is 1.49. The summed E-state index contributed by atoms with van der Waals surface area (Å²) in [7, 11) is 0. The number of carbonyl (C=O) groups excluding carboxylic acids is 1. The first-order valence-electron chi connectivity index (χ1n) is 6.19. The Morgan fingerprint density at radius 1 is 1.33 bits per heavy atom. The van der Waals surface area contributed by atoms with Crippen LogP contribution in [0.1, 0.15) is 19.8 Å². The molecule has 1 amide bonds. The van der Waals surface area contributed by atoms with Crippen molar-refractivity contribution in [3.8, 4) is 11.5 Å². The second-order valence-corrected chi connectivity index (χ2v) is 4.72. The van der Waals surface area contributed by atoms with Crippen LogP contribution >= 0.6 is 0 Å². The lowest BCUT2D eigenvalue weighted by Gasteiger charge is -2.13. The van der Waals surface area contributed by atoms with E-state index in [0.29, 0.717) is 11.8 Å². The van der Waals surface area contributed by atoms with Crippen molar-refractivity contribution < 1.29 is 14.3 Å². The van der Waals surface area contributed by atoms with Crippen LogP contribution in [0.2, 0.25) is 0 Å². The molecule has 1 heterocycles. The standard InChI is InChI=1S/C13H16N2O3/c1-8(14-9-2-3-9)13(16)15-10-4-5-11-12(6-10)18-7-17-11/h4-6,8-9,14H,2-3,7H2,1H3,(H,15,16). The molecule has 1 saturated carbocycles. The number of ether oxygens (including phenoxy) is 2. The van der Waals surface area contributed by atoms with Gasteiger partial charge in [-0.25, -0.2) is 0 Å². The Kier molecular flexibility index (Phi) is 2.83. The largest absolute Gasteiger partial charge is 0.454 e. The molecule has 3 rings (SSSR count). The molecule has 96 valence electrons. The quantitative estimate of drug-likeness (QED) is 0.847. The monoisotopic (exact) mass is 248 g/mol. The molecule has 0 spiro atoms. The van der Waals surface area contributed by atoms with Crippen LogP contribution in [0.3, 0.4) is 0 Å². The van der Waals surface area contributed by atoms with Gasteiger partial charge in [-0.3, -0.25) is 4.79 Å². The van der Waals surface area contributed by atoms with Gasteiger partial charge in [-0.1, -0.05) is 0 Å². The van der Waals surface area contributed by atoms with E-state index in [2.05, 4.69) is 10.6 Å². The van der Waals surface area contributed by atoms with Crippen LogP contribution in [0.15, 0.2) is 18.2 Å². The minimum absolute atomic E-state index is 0.0271. The Balaban J connectivity index is 1.62. The summed E-state index contributed by atoms with van der Waals surface area (Å²) in [4.78, 5) is 11.9. The Labute approximate surface area is 105 Å². The molecule has 0 radical (unpaired) electrons. The maximum Gasteiger partial charge on any atom is 0.241 e. The van der Waals surface area contributed by atoms with Gasteiger partial charge < -0.3 is 20.1 Å². The van der Waals surface area contributed by atoms with E-state index in [4.69, 9.17) is 9.47 Å². The number of benzene rings is 1. The Bertz CT molecular complexity index is 471. The van der Waals surface area contributed by atoms with Crippen molar-refractivity contribution in [2.24, 2.45) is 0 Å². The maximum absolute atomic E-state index is 11.9. The van der Waals surface area contributed by atoms with Gasteiger partial charge >= 0.3 is 0 Å². The lowest BCUT2D eigenvalue weighted by Crippen LogP contribution is -2.39. The smallest absolute Gasteiger partial charge is 0.241 e. The predicted molar refractivity (Wildman–Crippen MR) is 66.8 cm³/mol. The van der Waals surface area contributed by atoms with Crippen LogP contribution in [0.5, 0.6) is 11.5 Å². The molecule has 5 nitrogen and oxygen atoms in total. The molecule has 2 aliphatic rings. The van der Waals surface area contributed by atoms with Crippen molar-refractivity contribution in [2.75, 3.05) is 12.1 Å². The fourth-order valence-electron chi connectivity index (χ4n) is 1.90. The van der Waals surface area contributed by atoms with Gasteiger partial charge in [0.05, 0.1) is 6.04 Å². The van der Waals surface area contributed by atoms with Crippen molar-refractivity contribution in [3.05, 3.63) is 18.2 Å². The van der Waals surface area contributed by atoms with Gasteiger partial charge in [0.1, 0.15) is 0 Å². The van der Waals surface area contributed by atoms with E-state index in [9.17, 15) is 4.79 Å². The van der Waals surface area contributed by atoms with Crippen molar-refractivity contribution >= 4 is 11.6 Å². The van der Waals surface area contributed by atoms with E-state index < -0.39 is 0 Å². The van der Waals surface area contributed by atoms with E-state index in [0.717, 1.165) is 11.4 Å². The molecule has 1 aliphatic heterocycles. The number of hydrogen-bond donors (Lipinski definition) is 2. The number of rotatable bonds is 4. The molecule has 0 bridgehead atoms. The van der Waals surface area contributed by atoms with E-state index in [1.807, 2.05) is 13.0 Å². The molecule has 1 aromatic rings. The van der Waals surface area contributed by atoms with Crippen molar-refractivity contribution in [3.63, 3.8) is 0 Å². The number of amides is 1. The number of hydrogen-bond acceptors (Lipinski definition) is 4. The SMILES string of the molecule is CC(NC1CC1)C(=O)Nc1ccc2c(c1)OCO2. The number of carbonyl (C=O) groups is 1. The summed E-state index contributed by atoms with van der Waals surface area (Å²) in [5.74, 6) is 1.37. The minimum Gasteiger partial charge on any atom is -0.454 e. The molecule has 1 aromatic carbocycles. The minimum atomic E-state index is -0.178. The van der Waals surface area contributed by atoms with Gasteiger partial charge in [-0.05, 0) is 31.9 Å². The Morgan fingerprint density at radius 2 is 2.11 bits per heavy atom. The highest BCUT2D eigenvalue weighted by Crippen LogP contribution is 2.34. The van der Waals surface area contributed by atoms with Crippen LogP contribution in [0.4, 0.5) is 5.69 Å². The molecule has 1 atom stereocenters. The number of anilines is 1. The van der Waals surface area contributed by atoms with Crippen LogP contribution in [0.25, 0.3) is 0 Å². The molecule has 0 aromatic heterocycles. The summed E-state index contributed by atoms with van der Waals surface area (Å²) in [6.07, 6.45) is 2.34. The van der Waals surface area contributed by atoms with Crippen LogP contribution in [-0.4, -0.2) is 24.8 Å². The van der Waals surface area contributed by atoms with E-state index >= 15 is 0 Å². The first kappa shape index (κ1) is 11.3. The fourth-order valence-corrected chi connectivity index (χ4v) is 1.90. The Hall–Kier alpha value is -1.75. The van der Waals surface area contributed by atoms with Crippen molar-refractivity contribution in [1.29, 1.82) is 0 Å². The molecule has 1 unspecified atom stereocenters. The lowest BCUT2D eigenvalue weighted by atomic mass is 10.2. The molecule has 2 N–H and O–H groups in total. The molecule has 18 heavy (non-hydrogen) atoms. The van der Waals surface area contributed by atoms with Crippen LogP contribution in [-0.2, 0) is 4.79 Å². The summed E-state index contributed by atoms with van der Waals surface area (Å²) in [5.41, 5.74) is 0.730. The van der Waals surface area contributed by atoms with Gasteiger partial charge in [-0.15, -0.1) is 0 Å². The van der Waals surface area contributed by atoms with Crippen molar-refractivity contribution in [1.82, 2.24) is 5.32 Å². The third kappa shape index (κ3) is 2.41. The van der Waals surface area contributed by atoms with Gasteiger partial charge in [-0.2, -0.15) is 0 Å². The summed E-state index contributed by atoms with van der Waals surface area (Å²) in [6, 6.07) is 5.74. The van der Waals surface area contributed by atoms with Gasteiger partial charge in [0.2, 0.25) is 12.7 Å². The second kappa shape index (κ2) is 4.49. The van der Waals surface area contributed by atoms with E-state index in [1.165, 1.54) is 12.8 Å². The summed E-state index contributed by atoms with van der Waals surface area (Å²) in [5, 5.41) is 6.13. The zero-order valence-corrected chi connectivity index (χ0v) is 10.2. The first-order valence-corrected chi connectivity index (χ1v) is 6.19. The maximum atomic E-state index is 11.9. The first-order chi connectivity index (χ1) is 8.72. The molecule has 1 aliphatic carbocycles. The summed E-state index contributed by atoms with van der Waals surface area (Å²) >= 11 is 0. The highest BCUT2D eigenvalue weighted by Gasteiger charge is 2.25. The normalized spacial score (nSPS) is 18.5. The van der Waals surface area contributed by atoms with Crippen molar-refractivity contribution in [2.45, 2.75) is 31.8 Å². The zero-order chi connectivity index (χ0) is 12.5. The summed E-state index contributed by atoms with van der Waals surface area (Å²) in [6.45, 7) is 2.12. The molecule has 0 saturated heterocycles. The topological polar surface area (TPSA) is 59.6 Å². The zero-order valence-electron chi connectivity index (χ0n) is 10.2. The average Bonchev–Trinajstić information content (AvgIpc) is 3.05. The Morgan fingerprint density at radius 3 is 2.89 bits per heavy atom. The third-order valence-corrected chi connectivity index (χ3v) is 3.10. The van der Waals surface area contributed by atoms with Crippen LogP contribution in [0, 0.1) is 0 Å². The highest BCUT2D eigenvalue weighted by molar-refractivity contribution is 5.94. The highest BCUT2D eigenvalue weighted by atomic mass is 16.7. The van der Waals surface area contributed by atoms with Gasteiger partial charge in [0.15, 0.2) is 11.5 Å². The van der Waals surface area contributed by atoms with E-state index in [1.54, 1.807) is 12.1 Å². The van der Waals surface area contributed by atoms with Gasteiger partial charge in [0, 0.05) is 17.8 Å². The summed E-state index contributed by atoms with van der Waals surface area (Å²) < 4.78 is 10.5. The van der Waals surface area contributed by atoms with Crippen LogP contribution < -0.4 is 20.1 Å². The second-order valence-electron chi connectivity index (χ2n) is 4.72. The fraction of sp³-hybridized carbons (Fsp3) is 0.462. The third-order valence-electron chi connectivity index (χ3n) is 3.10. The average molecular weight is 248 g/mol. The molecular weight excluding hydrogens is 232 g/mol. The van der Waals surface area contributed by atoms with Gasteiger partial charge in [0.25, 0.3) is 0 Å². The lowest BCUT2D eigenvalue weighted by molar-refractivity contribution is -0.117. The number of fused-ring (bicyclic) bond motifs is 1.